The zero-order valence-corrected chi connectivity index (χ0v) is 14.3. The lowest BCUT2D eigenvalue weighted by Crippen LogP contribution is -2.30. The second-order valence-corrected chi connectivity index (χ2v) is 6.41. The third-order valence-corrected chi connectivity index (χ3v) is 4.65. The van der Waals surface area contributed by atoms with Crippen LogP contribution in [0.15, 0.2) is 48.8 Å². The molecule has 2 aromatic carbocycles. The van der Waals surface area contributed by atoms with Crippen molar-refractivity contribution in [1.82, 2.24) is 9.97 Å². The average Bonchev–Trinajstić information content (AvgIpc) is 2.68. The maximum atomic E-state index is 13.8. The Morgan fingerprint density at radius 3 is 2.65 bits per heavy atom. The molecule has 1 fully saturated rings. The van der Waals surface area contributed by atoms with Crippen LogP contribution in [0.5, 0.6) is 0 Å². The van der Waals surface area contributed by atoms with E-state index in [0.717, 1.165) is 42.7 Å². The first-order chi connectivity index (χ1) is 12.7. The molecule has 5 nitrogen and oxygen atoms in total. The fourth-order valence-electron chi connectivity index (χ4n) is 3.32. The van der Waals surface area contributed by atoms with Gasteiger partial charge in [0.2, 0.25) is 0 Å². The smallest absolute Gasteiger partial charge is 0.258 e. The van der Waals surface area contributed by atoms with E-state index in [1.165, 1.54) is 18.6 Å². The second-order valence-electron chi connectivity index (χ2n) is 6.41. The number of hydrogen-bond acceptors (Lipinski definition) is 4. The highest BCUT2D eigenvalue weighted by Gasteiger charge is 2.16. The Labute approximate surface area is 150 Å². The minimum atomic E-state index is -0.539. The zero-order chi connectivity index (χ0) is 17.9. The maximum Gasteiger partial charge on any atom is 0.258 e. The molecule has 0 bridgehead atoms. The van der Waals surface area contributed by atoms with Gasteiger partial charge in [0, 0.05) is 24.2 Å². The van der Waals surface area contributed by atoms with Gasteiger partial charge in [0.25, 0.3) is 5.91 Å². The molecule has 6 heteroatoms. The quantitative estimate of drug-likeness (QED) is 0.775. The Hall–Kier alpha value is -3.02. The zero-order valence-electron chi connectivity index (χ0n) is 14.3. The normalized spacial score (nSPS) is 14.4. The highest BCUT2D eigenvalue weighted by atomic mass is 19.1. The van der Waals surface area contributed by atoms with Crippen molar-refractivity contribution in [2.24, 2.45) is 0 Å². The summed E-state index contributed by atoms with van der Waals surface area (Å²) in [7, 11) is 0. The Balaban J connectivity index is 1.66. The summed E-state index contributed by atoms with van der Waals surface area (Å²) in [6, 6.07) is 11.4. The maximum absolute atomic E-state index is 13.8. The number of benzene rings is 2. The Bertz CT molecular complexity index is 953. The first-order valence-electron chi connectivity index (χ1n) is 8.78. The van der Waals surface area contributed by atoms with Crippen molar-refractivity contribution >= 4 is 28.3 Å². The summed E-state index contributed by atoms with van der Waals surface area (Å²) in [5.41, 5.74) is 1.44. The Kier molecular flexibility index (Phi) is 4.48. The van der Waals surface area contributed by atoms with Crippen LogP contribution in [-0.2, 0) is 0 Å². The molecule has 0 radical (unpaired) electrons. The van der Waals surface area contributed by atoms with Crippen LogP contribution < -0.4 is 10.2 Å². The van der Waals surface area contributed by atoms with E-state index in [0.29, 0.717) is 5.69 Å². The highest BCUT2D eigenvalue weighted by Crippen LogP contribution is 2.28. The number of nitrogens with zero attached hydrogens (tertiary/aromatic N) is 3. The van der Waals surface area contributed by atoms with Crippen molar-refractivity contribution in [2.75, 3.05) is 23.3 Å². The van der Waals surface area contributed by atoms with E-state index in [9.17, 15) is 9.18 Å². The number of nitrogens with one attached hydrogen (secondary N) is 1. The third-order valence-electron chi connectivity index (χ3n) is 4.65. The van der Waals surface area contributed by atoms with Gasteiger partial charge >= 0.3 is 0 Å². The van der Waals surface area contributed by atoms with Gasteiger partial charge in [-0.15, -0.1) is 0 Å². The summed E-state index contributed by atoms with van der Waals surface area (Å²) < 4.78 is 13.8. The second kappa shape index (κ2) is 7.07. The van der Waals surface area contributed by atoms with E-state index >= 15 is 0 Å². The molecular formula is C20H19FN4O. The molecule has 0 unspecified atom stereocenters. The van der Waals surface area contributed by atoms with Gasteiger partial charge in [-0.2, -0.15) is 0 Å². The lowest BCUT2D eigenvalue weighted by atomic mass is 10.1. The summed E-state index contributed by atoms with van der Waals surface area (Å²) in [5.74, 6) is -0.126. The third kappa shape index (κ3) is 3.22. The van der Waals surface area contributed by atoms with E-state index in [4.69, 9.17) is 0 Å². The largest absolute Gasteiger partial charge is 0.356 e. The van der Waals surface area contributed by atoms with Gasteiger partial charge in [-0.1, -0.05) is 12.1 Å². The molecule has 2 heterocycles. The number of carbonyl (C=O) groups is 1. The monoisotopic (exact) mass is 350 g/mol. The molecule has 132 valence electrons. The van der Waals surface area contributed by atoms with Gasteiger partial charge in [0.1, 0.15) is 18.0 Å². The molecule has 0 spiro atoms. The minimum absolute atomic E-state index is 0.0214. The fraction of sp³-hybridized carbons (Fsp3) is 0.250. The van der Waals surface area contributed by atoms with E-state index in [-0.39, 0.29) is 5.56 Å². The van der Waals surface area contributed by atoms with Crippen LogP contribution in [0.1, 0.15) is 29.6 Å². The van der Waals surface area contributed by atoms with Crippen LogP contribution in [-0.4, -0.2) is 29.0 Å². The Morgan fingerprint density at radius 2 is 1.85 bits per heavy atom. The first-order valence-corrected chi connectivity index (χ1v) is 8.78. The molecule has 4 rings (SSSR count). The highest BCUT2D eigenvalue weighted by molar-refractivity contribution is 6.05. The van der Waals surface area contributed by atoms with Crippen molar-refractivity contribution < 1.29 is 9.18 Å². The van der Waals surface area contributed by atoms with Crippen molar-refractivity contribution in [1.29, 1.82) is 0 Å². The number of amides is 1. The van der Waals surface area contributed by atoms with Gasteiger partial charge in [-0.25, -0.2) is 14.4 Å². The standard InChI is InChI=1S/C20H19FN4O/c21-17-7-3-2-6-15(17)20(26)24-14-8-9-18-16(12-14)19(23-13-22-18)25-10-4-1-5-11-25/h2-3,6-9,12-13H,1,4-5,10-11H2,(H,24,26). The predicted octanol–water partition coefficient (Wildman–Crippen LogP) is 4.01. The molecule has 1 aliphatic rings. The molecule has 3 aromatic rings. The van der Waals surface area contributed by atoms with E-state index < -0.39 is 11.7 Å². The van der Waals surface area contributed by atoms with Crippen molar-refractivity contribution in [3.63, 3.8) is 0 Å². The topological polar surface area (TPSA) is 58.1 Å². The van der Waals surface area contributed by atoms with Crippen LogP contribution in [0, 0.1) is 5.82 Å². The van der Waals surface area contributed by atoms with Crippen LogP contribution in [0.3, 0.4) is 0 Å². The molecule has 1 aliphatic heterocycles. The SMILES string of the molecule is O=C(Nc1ccc2ncnc(N3CCCCC3)c2c1)c1ccccc1F. The lowest BCUT2D eigenvalue weighted by Gasteiger charge is -2.28. The molecule has 1 aromatic heterocycles. The number of aromatic nitrogens is 2. The van der Waals surface area contributed by atoms with Gasteiger partial charge in [0.15, 0.2) is 0 Å². The number of halogens is 1. The van der Waals surface area contributed by atoms with E-state index in [1.54, 1.807) is 24.5 Å². The minimum Gasteiger partial charge on any atom is -0.356 e. The predicted molar refractivity (Wildman–Crippen MR) is 100.0 cm³/mol. The molecule has 0 saturated carbocycles. The van der Waals surface area contributed by atoms with Crippen molar-refractivity contribution in [3.05, 3.63) is 60.2 Å². The molecular weight excluding hydrogens is 331 g/mol. The molecule has 1 N–H and O–H groups in total. The van der Waals surface area contributed by atoms with Crippen LogP contribution in [0.25, 0.3) is 10.9 Å². The number of hydrogen-bond donors (Lipinski definition) is 1. The summed E-state index contributed by atoms with van der Waals surface area (Å²) >= 11 is 0. The number of rotatable bonds is 3. The van der Waals surface area contributed by atoms with Gasteiger partial charge in [-0.3, -0.25) is 4.79 Å². The van der Waals surface area contributed by atoms with E-state index in [2.05, 4.69) is 20.2 Å². The molecule has 0 atom stereocenters. The number of carbonyl (C=O) groups excluding carboxylic acids is 1. The van der Waals surface area contributed by atoms with Crippen LogP contribution >= 0.6 is 0 Å². The van der Waals surface area contributed by atoms with Crippen molar-refractivity contribution in [3.8, 4) is 0 Å². The lowest BCUT2D eigenvalue weighted by molar-refractivity contribution is 0.102. The van der Waals surface area contributed by atoms with Gasteiger partial charge in [-0.05, 0) is 49.6 Å². The summed E-state index contributed by atoms with van der Waals surface area (Å²) in [6.45, 7) is 1.94. The Morgan fingerprint density at radius 1 is 1.04 bits per heavy atom. The van der Waals surface area contributed by atoms with Gasteiger partial charge in [0.05, 0.1) is 11.1 Å². The van der Waals surface area contributed by atoms with Crippen LogP contribution in [0.2, 0.25) is 0 Å². The van der Waals surface area contributed by atoms with Crippen molar-refractivity contribution in [2.45, 2.75) is 19.3 Å². The van der Waals surface area contributed by atoms with E-state index in [1.807, 2.05) is 12.1 Å². The van der Waals surface area contributed by atoms with Crippen LogP contribution in [0.4, 0.5) is 15.9 Å². The summed E-state index contributed by atoms with van der Waals surface area (Å²) in [6.07, 6.45) is 5.11. The van der Waals surface area contributed by atoms with Gasteiger partial charge < -0.3 is 10.2 Å². The molecule has 0 aliphatic carbocycles. The fourth-order valence-corrected chi connectivity index (χ4v) is 3.32. The number of anilines is 2. The first kappa shape index (κ1) is 16.4. The molecule has 1 amide bonds. The summed E-state index contributed by atoms with van der Waals surface area (Å²) in [4.78, 5) is 23.4. The average molecular weight is 350 g/mol. The molecule has 1 saturated heterocycles. The summed E-state index contributed by atoms with van der Waals surface area (Å²) in [5, 5.41) is 3.66. The number of piperidine rings is 1. The number of fused-ring (bicyclic) bond motifs is 1. The molecule has 26 heavy (non-hydrogen) atoms.